The Morgan fingerprint density at radius 3 is 1.83 bits per heavy atom. The predicted octanol–water partition coefficient (Wildman–Crippen LogP) is 7.40. The molecule has 3 nitrogen and oxygen atoms in total. The van der Waals surface area contributed by atoms with Gasteiger partial charge in [0.1, 0.15) is 0 Å². The van der Waals surface area contributed by atoms with E-state index in [0.717, 1.165) is 12.8 Å². The molecule has 0 atom stereocenters. The highest BCUT2D eigenvalue weighted by Gasteiger charge is 2.02. The van der Waals surface area contributed by atoms with Crippen molar-refractivity contribution in [3.63, 3.8) is 0 Å². The lowest BCUT2D eigenvalue weighted by Crippen LogP contribution is -2.08. The van der Waals surface area contributed by atoms with Gasteiger partial charge >= 0.3 is 6.16 Å². The fraction of sp³-hybridized carbons (Fsp3) is 0.857. The standard InChI is InChI=1S/C21H40O3/c1-4-5-6-7-8-9-10-11-12-13-14-15-16-17-18-23-21(22)24-19-20(2)3/h17-18,20H,4-16,19H2,1-3H3/b18-17+. The highest BCUT2D eigenvalue weighted by Crippen LogP contribution is 2.12. The summed E-state index contributed by atoms with van der Waals surface area (Å²) < 4.78 is 9.77. The predicted molar refractivity (Wildman–Crippen MR) is 102 cm³/mol. The molecule has 0 spiro atoms. The van der Waals surface area contributed by atoms with Crippen LogP contribution in [0.15, 0.2) is 12.3 Å². The first-order valence-corrected chi connectivity index (χ1v) is 10.1. The van der Waals surface area contributed by atoms with E-state index < -0.39 is 6.16 Å². The number of ether oxygens (including phenoxy) is 2. The van der Waals surface area contributed by atoms with Gasteiger partial charge in [0.05, 0.1) is 12.9 Å². The van der Waals surface area contributed by atoms with E-state index in [1.165, 1.54) is 76.9 Å². The van der Waals surface area contributed by atoms with Crippen molar-refractivity contribution in [2.45, 2.75) is 104 Å². The largest absolute Gasteiger partial charge is 0.513 e. The Labute approximate surface area is 150 Å². The number of hydrogen-bond acceptors (Lipinski definition) is 3. The zero-order chi connectivity index (χ0) is 17.9. The number of rotatable bonds is 16. The molecule has 0 radical (unpaired) electrons. The van der Waals surface area contributed by atoms with Crippen molar-refractivity contribution in [2.75, 3.05) is 6.61 Å². The van der Waals surface area contributed by atoms with Gasteiger partial charge in [0, 0.05) is 0 Å². The molecular weight excluding hydrogens is 300 g/mol. The quantitative estimate of drug-likeness (QED) is 0.167. The second-order valence-corrected chi connectivity index (χ2v) is 7.12. The number of carbonyl (C=O) groups is 1. The number of allylic oxidation sites excluding steroid dienone is 1. The molecule has 3 heteroatoms. The van der Waals surface area contributed by atoms with Crippen LogP contribution in [0.4, 0.5) is 4.79 Å². The topological polar surface area (TPSA) is 35.5 Å². The number of carbonyl (C=O) groups excluding carboxylic acids is 1. The van der Waals surface area contributed by atoms with E-state index in [0.29, 0.717) is 12.5 Å². The second kappa shape index (κ2) is 18.4. The van der Waals surface area contributed by atoms with Crippen molar-refractivity contribution in [2.24, 2.45) is 5.92 Å². The maximum Gasteiger partial charge on any atom is 0.513 e. The maximum atomic E-state index is 11.2. The van der Waals surface area contributed by atoms with Gasteiger partial charge in [-0.25, -0.2) is 4.79 Å². The van der Waals surface area contributed by atoms with E-state index in [1.807, 2.05) is 19.9 Å². The molecule has 0 aromatic heterocycles. The minimum absolute atomic E-state index is 0.336. The lowest BCUT2D eigenvalue weighted by molar-refractivity contribution is 0.0749. The van der Waals surface area contributed by atoms with Crippen LogP contribution in [0, 0.1) is 5.92 Å². The molecule has 0 aromatic rings. The Hall–Kier alpha value is -0.990. The van der Waals surface area contributed by atoms with Crippen LogP contribution in [0.25, 0.3) is 0 Å². The molecule has 0 aliphatic rings. The first-order valence-electron chi connectivity index (χ1n) is 10.1. The summed E-state index contributed by atoms with van der Waals surface area (Å²) in [5.41, 5.74) is 0. The van der Waals surface area contributed by atoms with Gasteiger partial charge in [-0.1, -0.05) is 91.4 Å². The van der Waals surface area contributed by atoms with Gasteiger partial charge in [0.25, 0.3) is 0 Å². The average molecular weight is 341 g/mol. The third-order valence-corrected chi connectivity index (χ3v) is 4.02. The van der Waals surface area contributed by atoms with Gasteiger partial charge in [-0.2, -0.15) is 0 Å². The number of hydrogen-bond donors (Lipinski definition) is 0. The molecule has 0 saturated heterocycles. The zero-order valence-corrected chi connectivity index (χ0v) is 16.4. The Balaban J connectivity index is 3.19. The van der Waals surface area contributed by atoms with Crippen LogP contribution < -0.4 is 0 Å². The Bertz CT molecular complexity index is 297. The molecule has 0 heterocycles. The third kappa shape index (κ3) is 19.1. The van der Waals surface area contributed by atoms with Gasteiger partial charge in [0.2, 0.25) is 0 Å². The summed E-state index contributed by atoms with van der Waals surface area (Å²) in [6, 6.07) is 0. The van der Waals surface area contributed by atoms with Crippen molar-refractivity contribution in [3.05, 3.63) is 12.3 Å². The Morgan fingerprint density at radius 1 is 0.833 bits per heavy atom. The van der Waals surface area contributed by atoms with Crippen LogP contribution in [-0.4, -0.2) is 12.8 Å². The Morgan fingerprint density at radius 2 is 1.33 bits per heavy atom. The molecule has 142 valence electrons. The SMILES string of the molecule is CCCCCCCCCCCCCC/C=C/OC(=O)OCC(C)C. The monoisotopic (exact) mass is 340 g/mol. The first kappa shape index (κ1) is 23.0. The van der Waals surface area contributed by atoms with Crippen LogP contribution in [-0.2, 0) is 9.47 Å². The first-order chi connectivity index (χ1) is 11.7. The van der Waals surface area contributed by atoms with E-state index in [4.69, 9.17) is 9.47 Å². The van der Waals surface area contributed by atoms with E-state index in [9.17, 15) is 4.79 Å². The summed E-state index contributed by atoms with van der Waals surface area (Å²) in [6.07, 6.45) is 20.0. The molecular formula is C21H40O3. The normalized spacial score (nSPS) is 11.3. The fourth-order valence-electron chi connectivity index (χ4n) is 2.54. The molecule has 0 N–H and O–H groups in total. The summed E-state index contributed by atoms with van der Waals surface area (Å²) >= 11 is 0. The lowest BCUT2D eigenvalue weighted by atomic mass is 10.0. The van der Waals surface area contributed by atoms with Crippen LogP contribution in [0.5, 0.6) is 0 Å². The molecule has 0 fully saturated rings. The average Bonchev–Trinajstić information content (AvgIpc) is 2.56. The molecule has 0 rings (SSSR count). The maximum absolute atomic E-state index is 11.2. The van der Waals surface area contributed by atoms with Crippen molar-refractivity contribution >= 4 is 6.16 Å². The molecule has 0 bridgehead atoms. The molecule has 0 unspecified atom stereocenters. The molecule has 24 heavy (non-hydrogen) atoms. The minimum Gasteiger partial charge on any atom is -0.434 e. The van der Waals surface area contributed by atoms with Crippen molar-refractivity contribution < 1.29 is 14.3 Å². The van der Waals surface area contributed by atoms with Crippen molar-refractivity contribution in [1.29, 1.82) is 0 Å². The highest BCUT2D eigenvalue weighted by molar-refractivity contribution is 5.60. The summed E-state index contributed by atoms with van der Waals surface area (Å²) in [7, 11) is 0. The molecule has 0 aliphatic carbocycles. The fourth-order valence-corrected chi connectivity index (χ4v) is 2.54. The lowest BCUT2D eigenvalue weighted by Gasteiger charge is -2.04. The summed E-state index contributed by atoms with van der Waals surface area (Å²) in [6.45, 7) is 6.67. The second-order valence-electron chi connectivity index (χ2n) is 7.12. The van der Waals surface area contributed by atoms with Crippen LogP contribution >= 0.6 is 0 Å². The minimum atomic E-state index is -0.602. The smallest absolute Gasteiger partial charge is 0.434 e. The summed E-state index contributed by atoms with van der Waals surface area (Å²) in [4.78, 5) is 11.2. The summed E-state index contributed by atoms with van der Waals surface area (Å²) in [5, 5.41) is 0. The highest BCUT2D eigenvalue weighted by atomic mass is 16.7. The third-order valence-electron chi connectivity index (χ3n) is 4.02. The zero-order valence-electron chi connectivity index (χ0n) is 16.4. The van der Waals surface area contributed by atoms with Crippen molar-refractivity contribution in [1.82, 2.24) is 0 Å². The van der Waals surface area contributed by atoms with Gasteiger partial charge in [0.15, 0.2) is 0 Å². The van der Waals surface area contributed by atoms with E-state index >= 15 is 0 Å². The summed E-state index contributed by atoms with van der Waals surface area (Å²) in [5.74, 6) is 0.336. The van der Waals surface area contributed by atoms with Crippen molar-refractivity contribution in [3.8, 4) is 0 Å². The van der Waals surface area contributed by atoms with E-state index in [2.05, 4.69) is 6.92 Å². The van der Waals surface area contributed by atoms with E-state index in [-0.39, 0.29) is 0 Å². The van der Waals surface area contributed by atoms with Gasteiger partial charge < -0.3 is 9.47 Å². The van der Waals surface area contributed by atoms with Gasteiger partial charge in [-0.3, -0.25) is 0 Å². The van der Waals surface area contributed by atoms with Gasteiger partial charge in [-0.05, 0) is 24.8 Å². The Kier molecular flexibility index (Phi) is 17.6. The molecule has 0 saturated carbocycles. The molecule has 0 aliphatic heterocycles. The molecule has 0 aromatic carbocycles. The van der Waals surface area contributed by atoms with E-state index in [1.54, 1.807) is 0 Å². The van der Waals surface area contributed by atoms with Crippen LogP contribution in [0.2, 0.25) is 0 Å². The van der Waals surface area contributed by atoms with Gasteiger partial charge in [-0.15, -0.1) is 0 Å². The molecule has 0 amide bonds. The van der Waals surface area contributed by atoms with Crippen LogP contribution in [0.3, 0.4) is 0 Å². The number of unbranched alkanes of at least 4 members (excludes halogenated alkanes) is 12. The van der Waals surface area contributed by atoms with Crippen LogP contribution in [0.1, 0.15) is 104 Å².